The van der Waals surface area contributed by atoms with Crippen LogP contribution in [0.4, 0.5) is 0 Å². The lowest BCUT2D eigenvalue weighted by molar-refractivity contribution is 0.669. The van der Waals surface area contributed by atoms with E-state index in [0.29, 0.717) is 22.5 Å². The van der Waals surface area contributed by atoms with Crippen molar-refractivity contribution in [3.63, 3.8) is 0 Å². The number of fused-ring (bicyclic) bond motifs is 6. The van der Waals surface area contributed by atoms with Crippen LogP contribution in [0, 0.1) is 0 Å². The fourth-order valence-electron chi connectivity index (χ4n) is 8.16. The van der Waals surface area contributed by atoms with Gasteiger partial charge in [-0.2, -0.15) is 0 Å². The van der Waals surface area contributed by atoms with Gasteiger partial charge >= 0.3 is 0 Å². The molecule has 0 aliphatic carbocycles. The number of hydrogen-bond acceptors (Lipinski definition) is 5. The summed E-state index contributed by atoms with van der Waals surface area (Å²) < 4.78 is 68.9. The van der Waals surface area contributed by atoms with Crippen molar-refractivity contribution in [2.75, 3.05) is 0 Å². The molecule has 9 aromatic carbocycles. The summed E-state index contributed by atoms with van der Waals surface area (Å²) in [6.07, 6.45) is 0. The van der Waals surface area contributed by atoms with Crippen molar-refractivity contribution < 1.29 is 17.1 Å². The fourth-order valence-corrected chi connectivity index (χ4v) is 8.16. The lowest BCUT2D eigenvalue weighted by Crippen LogP contribution is -2.00. The van der Waals surface area contributed by atoms with Gasteiger partial charge in [-0.1, -0.05) is 182 Å². The number of benzene rings is 9. The van der Waals surface area contributed by atoms with E-state index in [1.54, 1.807) is 0 Å². The van der Waals surface area contributed by atoms with Crippen molar-refractivity contribution in [2.24, 2.45) is 0 Å². The third kappa shape index (κ3) is 6.23. The summed E-state index contributed by atoms with van der Waals surface area (Å²) in [5, 5.41) is 2.13. The van der Waals surface area contributed by atoms with Crippen LogP contribution in [-0.4, -0.2) is 15.0 Å². The number of hydrogen-bond donors (Lipinski definition) is 0. The molecule has 0 saturated heterocycles. The molecule has 0 fully saturated rings. The Kier molecular flexibility index (Phi) is 7.05. The summed E-state index contributed by atoms with van der Waals surface area (Å²) in [4.78, 5) is 14.7. The molecule has 12 aromatic rings. The van der Waals surface area contributed by atoms with Crippen LogP contribution < -0.4 is 0 Å². The van der Waals surface area contributed by atoms with Crippen molar-refractivity contribution >= 4 is 43.9 Å². The fraction of sp³-hybridized carbons (Fsp3) is 0. The topological polar surface area (TPSA) is 65.0 Å². The lowest BCUT2D eigenvalue weighted by atomic mass is 9.99. The maximum Gasteiger partial charge on any atom is 0.164 e. The lowest BCUT2D eigenvalue weighted by Gasteiger charge is -2.10. The molecule has 3 aromatic heterocycles. The molecule has 0 spiro atoms. The molecule has 0 atom stereocenters. The van der Waals surface area contributed by atoms with Crippen LogP contribution in [0.25, 0.3) is 123 Å². The summed E-state index contributed by atoms with van der Waals surface area (Å²) in [6, 6.07) is 55.3. The summed E-state index contributed by atoms with van der Waals surface area (Å²) in [5.41, 5.74) is 9.07. The van der Waals surface area contributed by atoms with Crippen molar-refractivity contribution in [2.45, 2.75) is 0 Å². The number of aromatic nitrogens is 3. The third-order valence-corrected chi connectivity index (χ3v) is 11.2. The zero-order chi connectivity index (χ0) is 46.2. The van der Waals surface area contributed by atoms with Gasteiger partial charge in [-0.3, -0.25) is 0 Å². The SMILES string of the molecule is [2H]c1c(-c2ccc(-c3ccccc3)cc2)c([2H])c2c(oc3c([2H])c(-c4nc(-c5ccccc5)nc(-c5cccc(-c6cccc7c6oc6c(-c8ccccc8)cccc67)c5)n4)c([2H])c([2H])c32)c1[2H]. The summed E-state index contributed by atoms with van der Waals surface area (Å²) in [6.45, 7) is 0. The van der Waals surface area contributed by atoms with E-state index >= 15 is 0 Å². The molecule has 62 heavy (non-hydrogen) atoms. The van der Waals surface area contributed by atoms with Crippen LogP contribution in [0.1, 0.15) is 8.22 Å². The highest BCUT2D eigenvalue weighted by molar-refractivity contribution is 6.13. The van der Waals surface area contributed by atoms with Crippen LogP contribution in [0.2, 0.25) is 0 Å². The second-order valence-electron chi connectivity index (χ2n) is 15.0. The largest absolute Gasteiger partial charge is 0.456 e. The summed E-state index contributed by atoms with van der Waals surface area (Å²) >= 11 is 0. The highest BCUT2D eigenvalue weighted by Gasteiger charge is 2.18. The molecular weight excluding hydrogens is 759 g/mol. The first-order valence-electron chi connectivity index (χ1n) is 23.3. The normalized spacial score (nSPS) is 12.9. The van der Waals surface area contributed by atoms with E-state index in [4.69, 9.17) is 26.5 Å². The van der Waals surface area contributed by atoms with E-state index in [2.05, 4.69) is 30.3 Å². The molecule has 0 aliphatic heterocycles. The quantitative estimate of drug-likeness (QED) is 0.161. The van der Waals surface area contributed by atoms with Crippen LogP contribution in [0.5, 0.6) is 0 Å². The Balaban J connectivity index is 1.01. The van der Waals surface area contributed by atoms with Gasteiger partial charge in [0.05, 0.1) is 8.22 Å². The summed E-state index contributed by atoms with van der Waals surface area (Å²) in [7, 11) is 0. The van der Waals surface area contributed by atoms with Gasteiger partial charge in [0.1, 0.15) is 22.3 Å². The monoisotopic (exact) mass is 799 g/mol. The van der Waals surface area contributed by atoms with Crippen LogP contribution >= 0.6 is 0 Å². The Morgan fingerprint density at radius 2 is 0.806 bits per heavy atom. The minimum atomic E-state index is -0.351. The standard InChI is InChI=1S/C57H35N3O2/c1-4-13-36(14-5-1)37-25-27-38(28-26-37)41-30-32-51-50(34-41)47-31-29-44(35-52(47)61-51)57-59-55(40-17-8-3-9-18-40)58-56(60-57)43-20-10-19-42(33-43)46-22-12-24-49-48-23-11-21-45(53(48)62-54(46)49)39-15-6-2-7-16-39/h1-35H/i29D,30D,31D,32D,34D,35D. The van der Waals surface area contributed by atoms with E-state index in [-0.39, 0.29) is 81.0 Å². The molecule has 0 radical (unpaired) electrons. The first kappa shape index (κ1) is 29.7. The van der Waals surface area contributed by atoms with Gasteiger partial charge in [-0.25, -0.2) is 15.0 Å². The van der Waals surface area contributed by atoms with Gasteiger partial charge in [-0.05, 0) is 63.6 Å². The van der Waals surface area contributed by atoms with E-state index in [0.717, 1.165) is 55.3 Å². The van der Waals surface area contributed by atoms with Gasteiger partial charge in [-0.15, -0.1) is 0 Å². The number of para-hydroxylation sites is 2. The van der Waals surface area contributed by atoms with Crippen molar-refractivity contribution in [3.05, 3.63) is 212 Å². The number of nitrogens with zero attached hydrogens (tertiary/aromatic N) is 3. The maximum atomic E-state index is 9.58. The third-order valence-electron chi connectivity index (χ3n) is 11.2. The van der Waals surface area contributed by atoms with E-state index in [1.165, 1.54) is 0 Å². The van der Waals surface area contributed by atoms with Gasteiger partial charge in [0.15, 0.2) is 17.5 Å². The van der Waals surface area contributed by atoms with Gasteiger partial charge < -0.3 is 8.83 Å². The van der Waals surface area contributed by atoms with Crippen molar-refractivity contribution in [1.29, 1.82) is 0 Å². The molecule has 0 amide bonds. The average molecular weight is 800 g/mol. The highest BCUT2D eigenvalue weighted by Crippen LogP contribution is 2.41. The molecule has 0 unspecified atom stereocenters. The highest BCUT2D eigenvalue weighted by atomic mass is 16.3. The van der Waals surface area contributed by atoms with Gasteiger partial charge in [0.2, 0.25) is 0 Å². The minimum Gasteiger partial charge on any atom is -0.456 e. The molecule has 0 bridgehead atoms. The molecule has 290 valence electrons. The number of rotatable bonds is 7. The molecule has 0 N–H and O–H groups in total. The first-order valence-corrected chi connectivity index (χ1v) is 20.3. The van der Waals surface area contributed by atoms with E-state index in [1.807, 2.05) is 146 Å². The van der Waals surface area contributed by atoms with Gasteiger partial charge in [0.25, 0.3) is 0 Å². The van der Waals surface area contributed by atoms with E-state index < -0.39 is 0 Å². The molecule has 5 nitrogen and oxygen atoms in total. The van der Waals surface area contributed by atoms with Crippen LogP contribution in [0.15, 0.2) is 221 Å². The number of furan rings is 2. The predicted molar refractivity (Wildman–Crippen MR) is 252 cm³/mol. The molecule has 12 rings (SSSR count). The Labute approximate surface area is 365 Å². The Morgan fingerprint density at radius 1 is 0.306 bits per heavy atom. The van der Waals surface area contributed by atoms with Crippen LogP contribution in [0.3, 0.4) is 0 Å². The Hall–Kier alpha value is -8.41. The zero-order valence-electron chi connectivity index (χ0n) is 38.9. The van der Waals surface area contributed by atoms with Crippen molar-refractivity contribution in [3.8, 4) is 78.7 Å². The molecule has 3 heterocycles. The second-order valence-corrected chi connectivity index (χ2v) is 15.0. The zero-order valence-corrected chi connectivity index (χ0v) is 32.9. The molecule has 0 saturated carbocycles. The predicted octanol–water partition coefficient (Wildman–Crippen LogP) is 15.3. The van der Waals surface area contributed by atoms with Gasteiger partial charge in [0, 0.05) is 49.4 Å². The second kappa shape index (κ2) is 14.7. The first-order chi connectivity index (χ1) is 33.2. The average Bonchev–Trinajstić information content (AvgIpc) is 3.99. The minimum absolute atomic E-state index is 0.0180. The molecular formula is C57H35N3O2. The van der Waals surface area contributed by atoms with Crippen molar-refractivity contribution in [1.82, 2.24) is 15.0 Å². The van der Waals surface area contributed by atoms with Crippen LogP contribution in [-0.2, 0) is 0 Å². The summed E-state index contributed by atoms with van der Waals surface area (Å²) in [5.74, 6) is 0.551. The Morgan fingerprint density at radius 3 is 1.48 bits per heavy atom. The smallest absolute Gasteiger partial charge is 0.164 e. The van der Waals surface area contributed by atoms with E-state index in [9.17, 15) is 5.48 Å². The maximum absolute atomic E-state index is 9.58. The Bertz CT molecular complexity index is 3970. The molecule has 5 heteroatoms. The molecule has 0 aliphatic rings.